The summed E-state index contributed by atoms with van der Waals surface area (Å²) in [4.78, 5) is 0. The molecule has 0 saturated carbocycles. The molecule has 2 heteroatoms. The average molecular weight is 435 g/mol. The third-order valence-corrected chi connectivity index (χ3v) is 9.70. The third-order valence-electron chi connectivity index (χ3n) is 6.70. The van der Waals surface area contributed by atoms with Crippen molar-refractivity contribution in [3.8, 4) is 0 Å². The van der Waals surface area contributed by atoms with Crippen molar-refractivity contribution in [2.24, 2.45) is 0 Å². The van der Waals surface area contributed by atoms with E-state index in [4.69, 9.17) is 0 Å². The number of rotatable bonds is 7. The van der Waals surface area contributed by atoms with E-state index in [0.29, 0.717) is 0 Å². The summed E-state index contributed by atoms with van der Waals surface area (Å²) in [6.07, 6.45) is -1.22. The lowest BCUT2D eigenvalue weighted by molar-refractivity contribution is 1.24. The first-order chi connectivity index (χ1) is 15.8. The summed E-state index contributed by atoms with van der Waals surface area (Å²) < 4.78 is 0. The molecule has 0 bridgehead atoms. The Morgan fingerprint density at radius 2 is 0.625 bits per heavy atom. The van der Waals surface area contributed by atoms with Crippen molar-refractivity contribution >= 4 is 36.8 Å². The zero-order valence-electron chi connectivity index (χ0n) is 19.7. The second-order valence-electron chi connectivity index (χ2n) is 8.32. The fourth-order valence-corrected chi connectivity index (χ4v) is 6.37. The maximum atomic E-state index is 2.31. The molecule has 0 radical (unpaired) electrons. The van der Waals surface area contributed by atoms with Crippen LogP contribution in [0.4, 0.5) is 0 Å². The van der Waals surface area contributed by atoms with E-state index < -0.39 is 6.15 Å². The molecule has 162 valence electrons. The van der Waals surface area contributed by atoms with E-state index in [1.54, 1.807) is 0 Å². The number of hydrogen-bond acceptors (Lipinski definition) is 0. The smallest absolute Gasteiger partial charge is 0.195 e. The first-order valence-corrected chi connectivity index (χ1v) is 14.1. The summed E-state index contributed by atoms with van der Waals surface area (Å²) in [5, 5.41) is 0. The predicted molar refractivity (Wildman–Crippen MR) is 147 cm³/mol. The van der Waals surface area contributed by atoms with E-state index in [2.05, 4.69) is 142 Å². The Balaban J connectivity index is 0.000000360. The van der Waals surface area contributed by atoms with Crippen molar-refractivity contribution in [3.05, 3.63) is 121 Å². The highest BCUT2D eigenvalue weighted by Crippen LogP contribution is 2.09. The van der Waals surface area contributed by atoms with Crippen molar-refractivity contribution in [2.75, 3.05) is 0 Å². The molecule has 0 spiro atoms. The molecule has 0 aliphatic carbocycles. The summed E-state index contributed by atoms with van der Waals surface area (Å²) in [6, 6.07) is 47.9. The number of hydrogen-bond donors (Lipinski definition) is 0. The standard InChI is InChI=1S/C24H20B.C6H15Si/c1-5-13-21(14-6-1)25(22-15-7-2-8-16-22,23-17-9-3-10-18-23)24-19-11-4-12-20-24;1-4-7(5-2)6-3/h1-20H;4-6H2,1-3H3/q-1;+1. The van der Waals surface area contributed by atoms with Gasteiger partial charge in [0.15, 0.2) is 0 Å². The van der Waals surface area contributed by atoms with Crippen LogP contribution in [0.3, 0.4) is 0 Å². The molecule has 32 heavy (non-hydrogen) atoms. The van der Waals surface area contributed by atoms with Gasteiger partial charge in [-0.3, -0.25) is 0 Å². The van der Waals surface area contributed by atoms with Gasteiger partial charge < -0.3 is 0 Å². The molecule has 0 aliphatic heterocycles. The van der Waals surface area contributed by atoms with E-state index in [1.807, 2.05) is 0 Å². The van der Waals surface area contributed by atoms with Crippen LogP contribution < -0.4 is 21.9 Å². The molecule has 0 unspecified atom stereocenters. The molecule has 0 fully saturated rings. The molecular weight excluding hydrogens is 399 g/mol. The summed E-state index contributed by atoms with van der Waals surface area (Å²) >= 11 is 0. The zero-order chi connectivity index (χ0) is 22.7. The van der Waals surface area contributed by atoms with Crippen LogP contribution in [0.25, 0.3) is 0 Å². The molecule has 0 atom stereocenters. The van der Waals surface area contributed by atoms with Crippen molar-refractivity contribution in [2.45, 2.75) is 38.9 Å². The van der Waals surface area contributed by atoms with E-state index in [0.717, 1.165) is 0 Å². The van der Waals surface area contributed by atoms with Crippen LogP contribution >= 0.6 is 0 Å². The zero-order valence-corrected chi connectivity index (χ0v) is 20.7. The molecule has 4 rings (SSSR count). The molecule has 0 saturated heterocycles. The van der Waals surface area contributed by atoms with Gasteiger partial charge >= 0.3 is 8.80 Å². The SMILES string of the molecule is CC[Si+](CC)CC.c1ccc([B-](c2ccccc2)(c2ccccc2)c2ccccc2)cc1. The molecule has 4 aromatic carbocycles. The Morgan fingerprint density at radius 3 is 0.781 bits per heavy atom. The lowest BCUT2D eigenvalue weighted by Crippen LogP contribution is -2.74. The topological polar surface area (TPSA) is 0 Å². The Hall–Kier alpha value is -2.84. The summed E-state index contributed by atoms with van der Waals surface area (Å²) in [5.74, 6) is 0. The van der Waals surface area contributed by atoms with Crippen LogP contribution in [0, 0.1) is 0 Å². The largest absolute Gasteiger partial charge is 0.313 e. The molecular formula is C30H35BSi. The Bertz CT molecular complexity index is 844. The first-order valence-electron chi connectivity index (χ1n) is 12.0. The fourth-order valence-electron chi connectivity index (χ4n) is 4.87. The van der Waals surface area contributed by atoms with Crippen molar-refractivity contribution in [1.29, 1.82) is 0 Å². The molecule has 0 aliphatic rings. The van der Waals surface area contributed by atoms with Crippen molar-refractivity contribution in [3.63, 3.8) is 0 Å². The maximum absolute atomic E-state index is 2.31. The predicted octanol–water partition coefficient (Wildman–Crippen LogP) is 5.60. The molecule has 0 aromatic heterocycles. The first kappa shape index (κ1) is 23.8. The van der Waals surface area contributed by atoms with Gasteiger partial charge in [0, 0.05) is 0 Å². The van der Waals surface area contributed by atoms with Gasteiger partial charge in [-0.1, -0.05) is 121 Å². The molecule has 0 nitrogen and oxygen atoms in total. The minimum absolute atomic E-state index is 0.137. The van der Waals surface area contributed by atoms with Crippen LogP contribution in [0.5, 0.6) is 0 Å². The van der Waals surface area contributed by atoms with Crippen LogP contribution in [0.2, 0.25) is 18.1 Å². The Labute approximate surface area is 196 Å². The Morgan fingerprint density at radius 1 is 0.406 bits per heavy atom. The van der Waals surface area contributed by atoms with Crippen LogP contribution in [0.15, 0.2) is 121 Å². The lowest BCUT2D eigenvalue weighted by atomic mass is 9.13. The van der Waals surface area contributed by atoms with Crippen LogP contribution in [-0.2, 0) is 0 Å². The average Bonchev–Trinajstić information content (AvgIpc) is 2.89. The third kappa shape index (κ3) is 5.31. The fraction of sp³-hybridized carbons (Fsp3) is 0.200. The lowest BCUT2D eigenvalue weighted by Gasteiger charge is -2.44. The normalized spacial score (nSPS) is 10.7. The summed E-state index contributed by atoms with van der Waals surface area (Å²) in [5.41, 5.74) is 5.36. The van der Waals surface area contributed by atoms with Gasteiger partial charge in [0.1, 0.15) is 6.15 Å². The van der Waals surface area contributed by atoms with E-state index >= 15 is 0 Å². The molecule has 0 N–H and O–H groups in total. The van der Waals surface area contributed by atoms with Gasteiger partial charge in [-0.2, -0.15) is 21.9 Å². The quantitative estimate of drug-likeness (QED) is 0.332. The summed E-state index contributed by atoms with van der Waals surface area (Å²) in [7, 11) is 0.137. The van der Waals surface area contributed by atoms with Gasteiger partial charge in [0.2, 0.25) is 0 Å². The van der Waals surface area contributed by atoms with Crippen molar-refractivity contribution in [1.82, 2.24) is 0 Å². The van der Waals surface area contributed by atoms with Crippen molar-refractivity contribution < 1.29 is 0 Å². The second kappa shape index (κ2) is 12.3. The van der Waals surface area contributed by atoms with Crippen LogP contribution in [0.1, 0.15) is 20.8 Å². The highest BCUT2D eigenvalue weighted by molar-refractivity contribution is 7.19. The van der Waals surface area contributed by atoms with E-state index in [1.165, 1.54) is 40.0 Å². The minimum atomic E-state index is -1.22. The highest BCUT2D eigenvalue weighted by Gasteiger charge is 2.31. The van der Waals surface area contributed by atoms with Gasteiger partial charge in [-0.25, -0.2) is 0 Å². The number of benzene rings is 4. The Kier molecular flexibility index (Phi) is 9.13. The van der Waals surface area contributed by atoms with E-state index in [9.17, 15) is 0 Å². The monoisotopic (exact) mass is 434 g/mol. The van der Waals surface area contributed by atoms with Gasteiger partial charge in [-0.15, -0.1) is 0 Å². The van der Waals surface area contributed by atoms with Gasteiger partial charge in [-0.05, 0) is 20.8 Å². The molecule has 0 amide bonds. The molecule has 4 aromatic rings. The van der Waals surface area contributed by atoms with Gasteiger partial charge in [0.25, 0.3) is 0 Å². The molecule has 0 heterocycles. The highest BCUT2D eigenvalue weighted by atomic mass is 28.3. The van der Waals surface area contributed by atoms with Crippen LogP contribution in [-0.4, -0.2) is 14.9 Å². The second-order valence-corrected chi connectivity index (χ2v) is 11.9. The maximum Gasteiger partial charge on any atom is 0.313 e. The minimum Gasteiger partial charge on any atom is -0.195 e. The van der Waals surface area contributed by atoms with E-state index in [-0.39, 0.29) is 8.80 Å². The summed E-state index contributed by atoms with van der Waals surface area (Å²) in [6.45, 7) is 6.92. The van der Waals surface area contributed by atoms with Gasteiger partial charge in [0.05, 0.1) is 18.1 Å².